The number of piperazine rings is 1. The molecule has 3 nitrogen and oxygen atoms in total. The quantitative estimate of drug-likeness (QED) is 0.924. The van der Waals surface area contributed by atoms with E-state index in [-0.39, 0.29) is 5.82 Å². The van der Waals surface area contributed by atoms with Crippen molar-refractivity contribution in [1.29, 1.82) is 0 Å². The number of halogens is 2. The van der Waals surface area contributed by atoms with Crippen molar-refractivity contribution < 1.29 is 9.13 Å². The Hall–Kier alpha value is -0.650. The summed E-state index contributed by atoms with van der Waals surface area (Å²) in [7, 11) is 1.55. The summed E-state index contributed by atoms with van der Waals surface area (Å²) in [5, 5.41) is 3.30. The SMILES string of the molecule is COc1cc(F)cc(CN2CCNCC2)c1Br. The van der Waals surface area contributed by atoms with Crippen LogP contribution < -0.4 is 10.1 Å². The lowest BCUT2D eigenvalue weighted by Crippen LogP contribution is -2.42. The van der Waals surface area contributed by atoms with Gasteiger partial charge in [-0.2, -0.15) is 0 Å². The van der Waals surface area contributed by atoms with Gasteiger partial charge in [0.05, 0.1) is 11.6 Å². The number of hydrogen-bond acceptors (Lipinski definition) is 3. The molecule has 1 saturated heterocycles. The summed E-state index contributed by atoms with van der Waals surface area (Å²) in [6.07, 6.45) is 0. The first-order valence-corrected chi connectivity index (χ1v) is 6.45. The van der Waals surface area contributed by atoms with Gasteiger partial charge in [-0.25, -0.2) is 4.39 Å². The third-order valence-electron chi connectivity index (χ3n) is 2.90. The number of rotatable bonds is 3. The zero-order chi connectivity index (χ0) is 12.3. The average Bonchev–Trinajstić information content (AvgIpc) is 2.34. The maximum absolute atomic E-state index is 13.4. The summed E-state index contributed by atoms with van der Waals surface area (Å²) >= 11 is 3.47. The van der Waals surface area contributed by atoms with Crippen LogP contribution in [0.25, 0.3) is 0 Å². The standard InChI is InChI=1S/C12H16BrFN2O/c1-17-11-7-10(14)6-9(12(11)13)8-16-4-2-15-3-5-16/h6-7,15H,2-5,8H2,1H3. The molecule has 1 aliphatic rings. The summed E-state index contributed by atoms with van der Waals surface area (Å²) in [6.45, 7) is 4.71. The van der Waals surface area contributed by atoms with Gasteiger partial charge in [0.15, 0.2) is 0 Å². The van der Waals surface area contributed by atoms with E-state index in [2.05, 4.69) is 26.1 Å². The number of benzene rings is 1. The van der Waals surface area contributed by atoms with E-state index in [0.717, 1.165) is 42.8 Å². The van der Waals surface area contributed by atoms with Gasteiger partial charge in [-0.1, -0.05) is 0 Å². The minimum Gasteiger partial charge on any atom is -0.495 e. The lowest BCUT2D eigenvalue weighted by Gasteiger charge is -2.27. The predicted octanol–water partition coefficient (Wildman–Crippen LogP) is 2.00. The highest BCUT2D eigenvalue weighted by molar-refractivity contribution is 9.10. The molecule has 0 bridgehead atoms. The first kappa shape index (κ1) is 12.8. The van der Waals surface area contributed by atoms with E-state index in [0.29, 0.717) is 5.75 Å². The third kappa shape index (κ3) is 3.18. The first-order chi connectivity index (χ1) is 8.20. The van der Waals surface area contributed by atoms with Crippen LogP contribution in [0.1, 0.15) is 5.56 Å². The Labute approximate surface area is 109 Å². The molecule has 17 heavy (non-hydrogen) atoms. The smallest absolute Gasteiger partial charge is 0.136 e. The molecule has 0 unspecified atom stereocenters. The monoisotopic (exact) mass is 302 g/mol. The van der Waals surface area contributed by atoms with E-state index in [1.807, 2.05) is 0 Å². The Morgan fingerprint density at radius 3 is 2.76 bits per heavy atom. The van der Waals surface area contributed by atoms with Crippen LogP contribution >= 0.6 is 15.9 Å². The third-order valence-corrected chi connectivity index (χ3v) is 3.80. The Bertz CT molecular complexity index is 394. The number of methoxy groups -OCH3 is 1. The van der Waals surface area contributed by atoms with E-state index in [1.54, 1.807) is 13.2 Å². The molecule has 1 aliphatic heterocycles. The van der Waals surface area contributed by atoms with E-state index >= 15 is 0 Å². The van der Waals surface area contributed by atoms with Gasteiger partial charge in [-0.15, -0.1) is 0 Å². The van der Waals surface area contributed by atoms with Gasteiger partial charge < -0.3 is 10.1 Å². The van der Waals surface area contributed by atoms with Gasteiger partial charge >= 0.3 is 0 Å². The molecule has 0 amide bonds. The second-order valence-electron chi connectivity index (χ2n) is 4.11. The van der Waals surface area contributed by atoms with Crippen molar-refractivity contribution in [1.82, 2.24) is 10.2 Å². The minimum absolute atomic E-state index is 0.254. The van der Waals surface area contributed by atoms with Crippen LogP contribution in [0.15, 0.2) is 16.6 Å². The maximum Gasteiger partial charge on any atom is 0.136 e. The zero-order valence-corrected chi connectivity index (χ0v) is 11.4. The van der Waals surface area contributed by atoms with Crippen LogP contribution in [-0.4, -0.2) is 38.2 Å². The highest BCUT2D eigenvalue weighted by Crippen LogP contribution is 2.30. The Kier molecular flexibility index (Phi) is 4.36. The largest absolute Gasteiger partial charge is 0.495 e. The normalized spacial score (nSPS) is 17.1. The van der Waals surface area contributed by atoms with Crippen molar-refractivity contribution in [2.45, 2.75) is 6.54 Å². The van der Waals surface area contributed by atoms with E-state index in [4.69, 9.17) is 4.74 Å². The van der Waals surface area contributed by atoms with Crippen molar-refractivity contribution >= 4 is 15.9 Å². The predicted molar refractivity (Wildman–Crippen MR) is 68.8 cm³/mol. The summed E-state index contributed by atoms with van der Waals surface area (Å²) in [6, 6.07) is 2.96. The summed E-state index contributed by atoms with van der Waals surface area (Å²) in [5.41, 5.74) is 0.934. The lowest BCUT2D eigenvalue weighted by atomic mass is 10.2. The van der Waals surface area contributed by atoms with Crippen molar-refractivity contribution in [3.8, 4) is 5.75 Å². The lowest BCUT2D eigenvalue weighted by molar-refractivity contribution is 0.232. The van der Waals surface area contributed by atoms with Crippen LogP contribution in [0.2, 0.25) is 0 Å². The number of nitrogens with one attached hydrogen (secondary N) is 1. The maximum atomic E-state index is 13.4. The average molecular weight is 303 g/mol. The van der Waals surface area contributed by atoms with Crippen molar-refractivity contribution in [2.24, 2.45) is 0 Å². The van der Waals surface area contributed by atoms with Gasteiger partial charge in [-0.05, 0) is 27.6 Å². The van der Waals surface area contributed by atoms with Gasteiger partial charge in [0, 0.05) is 38.8 Å². The molecule has 94 valence electrons. The molecule has 5 heteroatoms. The minimum atomic E-state index is -0.254. The van der Waals surface area contributed by atoms with Crippen LogP contribution in [0, 0.1) is 5.82 Å². The van der Waals surface area contributed by atoms with E-state index in [9.17, 15) is 4.39 Å². The van der Waals surface area contributed by atoms with Crippen molar-refractivity contribution in [3.63, 3.8) is 0 Å². The Morgan fingerprint density at radius 1 is 1.41 bits per heavy atom. The molecule has 1 fully saturated rings. The van der Waals surface area contributed by atoms with Crippen molar-refractivity contribution in [3.05, 3.63) is 28.0 Å². The number of ether oxygens (including phenoxy) is 1. The molecule has 0 spiro atoms. The van der Waals surface area contributed by atoms with Crippen LogP contribution in [0.5, 0.6) is 5.75 Å². The molecule has 1 aromatic rings. The highest BCUT2D eigenvalue weighted by Gasteiger charge is 2.14. The van der Waals surface area contributed by atoms with Gasteiger partial charge in [0.1, 0.15) is 11.6 Å². The summed E-state index contributed by atoms with van der Waals surface area (Å²) in [4.78, 5) is 2.30. The van der Waals surface area contributed by atoms with Crippen LogP contribution in [0.3, 0.4) is 0 Å². The zero-order valence-electron chi connectivity index (χ0n) is 9.80. The molecule has 0 saturated carbocycles. The second-order valence-corrected chi connectivity index (χ2v) is 4.90. The molecular formula is C12H16BrFN2O. The Balaban J connectivity index is 2.16. The fraction of sp³-hybridized carbons (Fsp3) is 0.500. The van der Waals surface area contributed by atoms with Crippen molar-refractivity contribution in [2.75, 3.05) is 33.3 Å². The number of nitrogens with zero attached hydrogens (tertiary/aromatic N) is 1. The molecular weight excluding hydrogens is 287 g/mol. The highest BCUT2D eigenvalue weighted by atomic mass is 79.9. The second kappa shape index (κ2) is 5.80. The molecule has 1 aromatic carbocycles. The fourth-order valence-electron chi connectivity index (χ4n) is 1.99. The molecule has 1 N–H and O–H groups in total. The molecule has 2 rings (SSSR count). The van der Waals surface area contributed by atoms with E-state index < -0.39 is 0 Å². The number of hydrogen-bond donors (Lipinski definition) is 1. The first-order valence-electron chi connectivity index (χ1n) is 5.65. The molecule has 0 atom stereocenters. The van der Waals surface area contributed by atoms with Gasteiger partial charge in [0.25, 0.3) is 0 Å². The molecule has 0 aliphatic carbocycles. The molecule has 0 aromatic heterocycles. The summed E-state index contributed by atoms with van der Waals surface area (Å²) < 4.78 is 19.4. The van der Waals surface area contributed by atoms with Crippen LogP contribution in [-0.2, 0) is 6.54 Å². The summed E-state index contributed by atoms with van der Waals surface area (Å²) in [5.74, 6) is 0.297. The molecule has 1 heterocycles. The topological polar surface area (TPSA) is 24.5 Å². The van der Waals surface area contributed by atoms with Gasteiger partial charge in [0.2, 0.25) is 0 Å². The Morgan fingerprint density at radius 2 is 2.12 bits per heavy atom. The van der Waals surface area contributed by atoms with Gasteiger partial charge in [-0.3, -0.25) is 4.90 Å². The molecule has 0 radical (unpaired) electrons. The van der Waals surface area contributed by atoms with Crippen LogP contribution in [0.4, 0.5) is 4.39 Å². The van der Waals surface area contributed by atoms with E-state index in [1.165, 1.54) is 6.07 Å². The fourth-order valence-corrected chi connectivity index (χ4v) is 2.51.